The zero-order chi connectivity index (χ0) is 20.0. The van der Waals surface area contributed by atoms with Crippen molar-refractivity contribution in [1.29, 1.82) is 0 Å². The van der Waals surface area contributed by atoms with Crippen molar-refractivity contribution in [2.24, 2.45) is 0 Å². The molecule has 0 fully saturated rings. The Bertz CT molecular complexity index is 1410. The molecule has 0 amide bonds. The fourth-order valence-corrected chi connectivity index (χ4v) is 3.43. The van der Waals surface area contributed by atoms with Gasteiger partial charge in [0.2, 0.25) is 0 Å². The second-order valence-corrected chi connectivity index (χ2v) is 6.51. The molecule has 29 heavy (non-hydrogen) atoms. The summed E-state index contributed by atoms with van der Waals surface area (Å²) in [5, 5.41) is 1.01. The average Bonchev–Trinajstić information content (AvgIpc) is 3.35. The monoisotopic (exact) mass is 387 g/mol. The molecule has 0 aliphatic carbocycles. The molecule has 0 unspecified atom stereocenters. The highest BCUT2D eigenvalue weighted by Crippen LogP contribution is 2.31. The van der Waals surface area contributed by atoms with Gasteiger partial charge >= 0.3 is 5.69 Å². The Morgan fingerprint density at radius 3 is 2.69 bits per heavy atom. The predicted molar refractivity (Wildman–Crippen MR) is 110 cm³/mol. The minimum absolute atomic E-state index is 0.292. The van der Waals surface area contributed by atoms with E-state index in [9.17, 15) is 4.79 Å². The second-order valence-electron chi connectivity index (χ2n) is 6.51. The molecule has 0 radical (unpaired) electrons. The summed E-state index contributed by atoms with van der Waals surface area (Å²) in [5.74, 6) is 1.22. The molecule has 0 spiro atoms. The van der Waals surface area contributed by atoms with E-state index in [1.807, 2.05) is 48.7 Å². The van der Waals surface area contributed by atoms with Crippen molar-refractivity contribution in [3.63, 3.8) is 0 Å². The SMILES string of the molecule is COc1ccc(-c2cnc3[nH]c(=O)n(-c4ccc5[nH]ccc5c4)c3n2)cc1OC. The molecule has 3 heterocycles. The number of benzene rings is 2. The van der Waals surface area contributed by atoms with E-state index in [0.29, 0.717) is 34.2 Å². The summed E-state index contributed by atoms with van der Waals surface area (Å²) in [5.41, 5.74) is 3.73. The first kappa shape index (κ1) is 17.1. The smallest absolute Gasteiger partial charge is 0.333 e. The molecule has 0 aliphatic heterocycles. The lowest BCUT2D eigenvalue weighted by Gasteiger charge is -2.09. The van der Waals surface area contributed by atoms with Crippen LogP contribution in [0.4, 0.5) is 0 Å². The van der Waals surface area contributed by atoms with Crippen LogP contribution < -0.4 is 15.2 Å². The maximum Gasteiger partial charge on any atom is 0.333 e. The van der Waals surface area contributed by atoms with E-state index in [-0.39, 0.29) is 5.69 Å². The van der Waals surface area contributed by atoms with Gasteiger partial charge in [-0.1, -0.05) is 0 Å². The molecule has 0 aliphatic rings. The average molecular weight is 387 g/mol. The number of nitrogens with zero attached hydrogens (tertiary/aromatic N) is 3. The first-order chi connectivity index (χ1) is 14.2. The van der Waals surface area contributed by atoms with Gasteiger partial charge in [0, 0.05) is 22.7 Å². The third-order valence-corrected chi connectivity index (χ3v) is 4.87. The third-order valence-electron chi connectivity index (χ3n) is 4.87. The van der Waals surface area contributed by atoms with Crippen LogP contribution in [0.1, 0.15) is 0 Å². The van der Waals surface area contributed by atoms with Crippen molar-refractivity contribution >= 4 is 22.2 Å². The molecule has 8 heteroatoms. The van der Waals surface area contributed by atoms with Crippen LogP contribution in [0.2, 0.25) is 0 Å². The van der Waals surface area contributed by atoms with Gasteiger partial charge in [-0.15, -0.1) is 0 Å². The number of hydrogen-bond donors (Lipinski definition) is 2. The van der Waals surface area contributed by atoms with E-state index >= 15 is 0 Å². The van der Waals surface area contributed by atoms with Gasteiger partial charge in [0.25, 0.3) is 0 Å². The second kappa shape index (κ2) is 6.52. The molecule has 2 aromatic carbocycles. The number of ether oxygens (including phenoxy) is 2. The first-order valence-electron chi connectivity index (χ1n) is 8.95. The Morgan fingerprint density at radius 2 is 1.86 bits per heavy atom. The predicted octanol–water partition coefficient (Wildman–Crippen LogP) is 3.27. The highest BCUT2D eigenvalue weighted by molar-refractivity contribution is 5.82. The normalized spacial score (nSPS) is 11.2. The number of aromatic amines is 2. The number of nitrogens with one attached hydrogen (secondary N) is 2. The number of hydrogen-bond acceptors (Lipinski definition) is 5. The maximum absolute atomic E-state index is 12.6. The largest absolute Gasteiger partial charge is 0.493 e. The summed E-state index contributed by atoms with van der Waals surface area (Å²) >= 11 is 0. The molecule has 0 saturated heterocycles. The first-order valence-corrected chi connectivity index (χ1v) is 8.95. The number of H-pyrrole nitrogens is 2. The summed E-state index contributed by atoms with van der Waals surface area (Å²) in [6, 6.07) is 13.2. The fourth-order valence-electron chi connectivity index (χ4n) is 3.43. The third kappa shape index (κ3) is 2.73. The topological polar surface area (TPSA) is 97.8 Å². The van der Waals surface area contributed by atoms with Crippen LogP contribution in [-0.2, 0) is 0 Å². The van der Waals surface area contributed by atoms with Crippen LogP contribution in [0.5, 0.6) is 11.5 Å². The lowest BCUT2D eigenvalue weighted by Crippen LogP contribution is -2.14. The van der Waals surface area contributed by atoms with Gasteiger partial charge < -0.3 is 14.5 Å². The summed E-state index contributed by atoms with van der Waals surface area (Å²) in [6.07, 6.45) is 3.49. The number of fused-ring (bicyclic) bond motifs is 2. The molecule has 144 valence electrons. The molecule has 0 bridgehead atoms. The molecule has 5 aromatic rings. The van der Waals surface area contributed by atoms with Crippen molar-refractivity contribution < 1.29 is 9.47 Å². The van der Waals surface area contributed by atoms with Gasteiger partial charge in [0.15, 0.2) is 22.8 Å². The Kier molecular flexibility index (Phi) is 3.83. The van der Waals surface area contributed by atoms with Gasteiger partial charge in [-0.2, -0.15) is 0 Å². The van der Waals surface area contributed by atoms with Crippen molar-refractivity contribution in [2.75, 3.05) is 14.2 Å². The molecule has 0 saturated carbocycles. The maximum atomic E-state index is 12.6. The van der Waals surface area contributed by atoms with E-state index in [2.05, 4.69) is 15.0 Å². The molecular formula is C21H17N5O3. The van der Waals surface area contributed by atoms with Crippen LogP contribution in [0.3, 0.4) is 0 Å². The molecule has 5 rings (SSSR count). The Balaban J connectivity index is 1.69. The highest BCUT2D eigenvalue weighted by atomic mass is 16.5. The van der Waals surface area contributed by atoms with E-state index in [0.717, 1.165) is 16.5 Å². The lowest BCUT2D eigenvalue weighted by atomic mass is 10.1. The summed E-state index contributed by atoms with van der Waals surface area (Å²) < 4.78 is 12.2. The van der Waals surface area contributed by atoms with E-state index in [1.54, 1.807) is 20.4 Å². The van der Waals surface area contributed by atoms with Crippen LogP contribution in [0.15, 0.2) is 59.7 Å². The van der Waals surface area contributed by atoms with Crippen molar-refractivity contribution in [2.45, 2.75) is 0 Å². The molecule has 8 nitrogen and oxygen atoms in total. The van der Waals surface area contributed by atoms with Crippen LogP contribution in [0, 0.1) is 0 Å². The van der Waals surface area contributed by atoms with Crippen LogP contribution in [-0.4, -0.2) is 38.7 Å². The minimum atomic E-state index is -0.292. The van der Waals surface area contributed by atoms with Gasteiger partial charge in [0.05, 0.1) is 31.8 Å². The van der Waals surface area contributed by atoms with E-state index in [1.165, 1.54) is 4.57 Å². The summed E-state index contributed by atoms with van der Waals surface area (Å²) in [4.78, 5) is 27.6. The van der Waals surface area contributed by atoms with E-state index in [4.69, 9.17) is 14.5 Å². The molecule has 2 N–H and O–H groups in total. The zero-order valence-electron chi connectivity index (χ0n) is 15.8. The zero-order valence-corrected chi connectivity index (χ0v) is 15.8. The minimum Gasteiger partial charge on any atom is -0.493 e. The van der Waals surface area contributed by atoms with Gasteiger partial charge in [0.1, 0.15) is 0 Å². The van der Waals surface area contributed by atoms with Gasteiger partial charge in [-0.3, -0.25) is 4.98 Å². The van der Waals surface area contributed by atoms with Gasteiger partial charge in [-0.25, -0.2) is 19.3 Å². The quantitative estimate of drug-likeness (QED) is 0.493. The van der Waals surface area contributed by atoms with Crippen molar-refractivity contribution in [3.05, 3.63) is 65.3 Å². The van der Waals surface area contributed by atoms with E-state index < -0.39 is 0 Å². The Hall–Kier alpha value is -4.07. The number of imidazole rings is 1. The van der Waals surface area contributed by atoms with Crippen LogP contribution in [0.25, 0.3) is 39.1 Å². The standard InChI is InChI=1S/C21H17N5O3/c1-28-17-6-3-12(10-18(17)29-2)16-11-23-19-20(24-16)26(21(27)25-19)14-4-5-15-13(9-14)7-8-22-15/h3-11,22H,1-2H3,(H,23,25,27). The number of rotatable bonds is 4. The van der Waals surface area contributed by atoms with Crippen molar-refractivity contribution in [1.82, 2.24) is 24.5 Å². The summed E-state index contributed by atoms with van der Waals surface area (Å²) in [7, 11) is 3.17. The Morgan fingerprint density at radius 1 is 1.00 bits per heavy atom. The number of aromatic nitrogens is 5. The lowest BCUT2D eigenvalue weighted by molar-refractivity contribution is 0.355. The molecular weight excluding hydrogens is 370 g/mol. The van der Waals surface area contributed by atoms with Crippen molar-refractivity contribution in [3.8, 4) is 28.4 Å². The fraction of sp³-hybridized carbons (Fsp3) is 0.0952. The highest BCUT2D eigenvalue weighted by Gasteiger charge is 2.14. The Labute approximate surface area is 164 Å². The molecule has 0 atom stereocenters. The molecule has 3 aromatic heterocycles. The number of methoxy groups -OCH3 is 2. The van der Waals surface area contributed by atoms with Crippen LogP contribution >= 0.6 is 0 Å². The summed E-state index contributed by atoms with van der Waals surface area (Å²) in [6.45, 7) is 0. The van der Waals surface area contributed by atoms with Gasteiger partial charge in [-0.05, 0) is 42.5 Å².